The number of halogens is 1. The lowest BCUT2D eigenvalue weighted by atomic mass is 10.2. The van der Waals surface area contributed by atoms with Crippen LogP contribution in [-0.2, 0) is 14.3 Å². The van der Waals surface area contributed by atoms with Crippen LogP contribution in [0.4, 0.5) is 5.69 Å². The summed E-state index contributed by atoms with van der Waals surface area (Å²) in [4.78, 5) is 23.3. The van der Waals surface area contributed by atoms with Crippen molar-refractivity contribution in [1.82, 2.24) is 5.32 Å². The summed E-state index contributed by atoms with van der Waals surface area (Å²) in [5, 5.41) is 5.14. The maximum absolute atomic E-state index is 11.7. The number of hydrogen-bond acceptors (Lipinski definition) is 3. The average Bonchev–Trinajstić information content (AvgIpc) is 2.41. The summed E-state index contributed by atoms with van der Waals surface area (Å²) >= 11 is 3.34. The Labute approximate surface area is 127 Å². The molecule has 6 heteroatoms. The first-order chi connectivity index (χ1) is 9.54. The van der Waals surface area contributed by atoms with E-state index in [1.54, 1.807) is 6.07 Å². The molecule has 2 amide bonds. The van der Waals surface area contributed by atoms with Gasteiger partial charge in [-0.2, -0.15) is 0 Å². The normalized spacial score (nSPS) is 10.2. The molecule has 0 bridgehead atoms. The van der Waals surface area contributed by atoms with Crippen LogP contribution in [0.1, 0.15) is 18.9 Å². The third-order valence-corrected chi connectivity index (χ3v) is 3.09. The van der Waals surface area contributed by atoms with Gasteiger partial charge in [-0.15, -0.1) is 0 Å². The first-order valence-electron chi connectivity index (χ1n) is 6.47. The van der Waals surface area contributed by atoms with Crippen molar-refractivity contribution >= 4 is 33.4 Å². The quantitative estimate of drug-likeness (QED) is 0.615. The van der Waals surface area contributed by atoms with Crippen LogP contribution in [0.2, 0.25) is 0 Å². The number of aryl methyl sites for hydroxylation is 1. The van der Waals surface area contributed by atoms with Crippen molar-refractivity contribution in [3.8, 4) is 0 Å². The van der Waals surface area contributed by atoms with E-state index in [2.05, 4.69) is 26.6 Å². The fourth-order valence-electron chi connectivity index (χ4n) is 1.55. The molecular weight excluding hydrogens is 324 g/mol. The summed E-state index contributed by atoms with van der Waals surface area (Å²) in [5.74, 6) is -1.30. The van der Waals surface area contributed by atoms with Gasteiger partial charge in [0.1, 0.15) is 0 Å². The Balaban J connectivity index is 2.39. The van der Waals surface area contributed by atoms with Gasteiger partial charge in [-0.25, -0.2) is 0 Å². The SMILES string of the molecule is CCOCCCNC(=O)C(=O)Nc1ccc(Br)cc1C. The molecule has 0 saturated carbocycles. The number of hydrogen-bond donors (Lipinski definition) is 2. The topological polar surface area (TPSA) is 67.4 Å². The van der Waals surface area contributed by atoms with Gasteiger partial charge in [-0.3, -0.25) is 9.59 Å². The van der Waals surface area contributed by atoms with E-state index in [4.69, 9.17) is 4.74 Å². The number of rotatable bonds is 6. The fraction of sp³-hybridized carbons (Fsp3) is 0.429. The van der Waals surface area contributed by atoms with Gasteiger partial charge in [0.2, 0.25) is 0 Å². The summed E-state index contributed by atoms with van der Waals surface area (Å²) in [6.45, 7) is 5.42. The first-order valence-corrected chi connectivity index (χ1v) is 7.27. The molecular formula is C14H19BrN2O3. The lowest BCUT2D eigenvalue weighted by molar-refractivity contribution is -0.136. The van der Waals surface area contributed by atoms with Crippen LogP contribution in [0.15, 0.2) is 22.7 Å². The maximum atomic E-state index is 11.7. The van der Waals surface area contributed by atoms with Crippen LogP contribution in [0.5, 0.6) is 0 Å². The van der Waals surface area contributed by atoms with E-state index in [1.807, 2.05) is 26.0 Å². The third-order valence-electron chi connectivity index (χ3n) is 2.60. The van der Waals surface area contributed by atoms with E-state index < -0.39 is 11.8 Å². The van der Waals surface area contributed by atoms with Crippen molar-refractivity contribution in [3.05, 3.63) is 28.2 Å². The fourth-order valence-corrected chi connectivity index (χ4v) is 2.02. The molecule has 20 heavy (non-hydrogen) atoms. The lowest BCUT2D eigenvalue weighted by Gasteiger charge is -2.09. The van der Waals surface area contributed by atoms with E-state index in [0.29, 0.717) is 31.9 Å². The van der Waals surface area contributed by atoms with Crippen LogP contribution in [0, 0.1) is 6.92 Å². The standard InChI is InChI=1S/C14H19BrN2O3/c1-3-20-8-4-7-16-13(18)14(19)17-12-6-5-11(15)9-10(12)2/h5-6,9H,3-4,7-8H2,1-2H3,(H,16,18)(H,17,19). The monoisotopic (exact) mass is 342 g/mol. The zero-order chi connectivity index (χ0) is 15.0. The van der Waals surface area contributed by atoms with E-state index in [-0.39, 0.29) is 0 Å². The average molecular weight is 343 g/mol. The van der Waals surface area contributed by atoms with Crippen molar-refractivity contribution in [3.63, 3.8) is 0 Å². The molecule has 1 rings (SSSR count). The van der Waals surface area contributed by atoms with Crippen molar-refractivity contribution < 1.29 is 14.3 Å². The van der Waals surface area contributed by atoms with Crippen molar-refractivity contribution in [2.24, 2.45) is 0 Å². The van der Waals surface area contributed by atoms with Gasteiger partial charge in [-0.05, 0) is 44.0 Å². The molecule has 0 aliphatic rings. The number of ether oxygens (including phenoxy) is 1. The van der Waals surface area contributed by atoms with E-state index in [9.17, 15) is 9.59 Å². The minimum absolute atomic E-state index is 0.422. The second-order valence-electron chi connectivity index (χ2n) is 4.22. The zero-order valence-corrected chi connectivity index (χ0v) is 13.2. The molecule has 0 heterocycles. The number of carbonyl (C=O) groups is 2. The van der Waals surface area contributed by atoms with Crippen molar-refractivity contribution in [2.45, 2.75) is 20.3 Å². The van der Waals surface area contributed by atoms with Gasteiger partial charge in [0.25, 0.3) is 0 Å². The van der Waals surface area contributed by atoms with Gasteiger partial charge in [0.15, 0.2) is 0 Å². The molecule has 1 aromatic carbocycles. The minimum Gasteiger partial charge on any atom is -0.382 e. The Kier molecular flexibility index (Phi) is 7.25. The van der Waals surface area contributed by atoms with Crippen LogP contribution < -0.4 is 10.6 Å². The zero-order valence-electron chi connectivity index (χ0n) is 11.7. The predicted molar refractivity (Wildman–Crippen MR) is 81.6 cm³/mol. The second kappa shape index (κ2) is 8.71. The maximum Gasteiger partial charge on any atom is 0.313 e. The van der Waals surface area contributed by atoms with Crippen LogP contribution in [-0.4, -0.2) is 31.6 Å². The molecule has 0 atom stereocenters. The van der Waals surface area contributed by atoms with E-state index in [1.165, 1.54) is 0 Å². The highest BCUT2D eigenvalue weighted by Gasteiger charge is 2.13. The number of anilines is 1. The highest BCUT2D eigenvalue weighted by molar-refractivity contribution is 9.10. The van der Waals surface area contributed by atoms with Crippen LogP contribution in [0.3, 0.4) is 0 Å². The first kappa shape index (κ1) is 16.7. The Bertz CT molecular complexity index is 477. The molecule has 110 valence electrons. The van der Waals surface area contributed by atoms with Gasteiger partial charge in [0, 0.05) is 29.9 Å². The highest BCUT2D eigenvalue weighted by Crippen LogP contribution is 2.19. The van der Waals surface area contributed by atoms with Crippen LogP contribution in [0.25, 0.3) is 0 Å². The summed E-state index contributed by atoms with van der Waals surface area (Å²) in [6, 6.07) is 5.43. The highest BCUT2D eigenvalue weighted by atomic mass is 79.9. The summed E-state index contributed by atoms with van der Waals surface area (Å²) in [5.41, 5.74) is 1.51. The van der Waals surface area contributed by atoms with Gasteiger partial charge in [0.05, 0.1) is 0 Å². The van der Waals surface area contributed by atoms with Crippen LogP contribution >= 0.6 is 15.9 Å². The Hall–Kier alpha value is -1.40. The second-order valence-corrected chi connectivity index (χ2v) is 5.14. The van der Waals surface area contributed by atoms with Gasteiger partial charge < -0.3 is 15.4 Å². The summed E-state index contributed by atoms with van der Waals surface area (Å²) in [6.07, 6.45) is 0.685. The smallest absolute Gasteiger partial charge is 0.313 e. The molecule has 2 N–H and O–H groups in total. The molecule has 1 aromatic rings. The Morgan fingerprint density at radius 1 is 1.30 bits per heavy atom. The number of benzene rings is 1. The molecule has 0 saturated heterocycles. The number of nitrogens with one attached hydrogen (secondary N) is 2. The van der Waals surface area contributed by atoms with Crippen molar-refractivity contribution in [1.29, 1.82) is 0 Å². The number of carbonyl (C=O) groups excluding carboxylic acids is 2. The summed E-state index contributed by atoms with van der Waals surface area (Å²) in [7, 11) is 0. The van der Waals surface area contributed by atoms with E-state index in [0.717, 1.165) is 10.0 Å². The molecule has 0 spiro atoms. The molecule has 0 aliphatic carbocycles. The van der Waals surface area contributed by atoms with Crippen molar-refractivity contribution in [2.75, 3.05) is 25.1 Å². The minimum atomic E-state index is -0.660. The molecule has 0 aliphatic heterocycles. The number of amides is 2. The largest absolute Gasteiger partial charge is 0.382 e. The third kappa shape index (κ3) is 5.71. The lowest BCUT2D eigenvalue weighted by Crippen LogP contribution is -2.36. The molecule has 0 aromatic heterocycles. The predicted octanol–water partition coefficient (Wildman–Crippen LogP) is 2.24. The van der Waals surface area contributed by atoms with Gasteiger partial charge >= 0.3 is 11.8 Å². The Morgan fingerprint density at radius 2 is 2.05 bits per heavy atom. The molecule has 5 nitrogen and oxygen atoms in total. The summed E-state index contributed by atoms with van der Waals surface area (Å²) < 4.78 is 6.07. The molecule has 0 fully saturated rings. The molecule has 0 unspecified atom stereocenters. The van der Waals surface area contributed by atoms with E-state index >= 15 is 0 Å². The van der Waals surface area contributed by atoms with Gasteiger partial charge in [-0.1, -0.05) is 15.9 Å². The molecule has 0 radical (unpaired) electrons. The Morgan fingerprint density at radius 3 is 2.70 bits per heavy atom.